The van der Waals surface area contributed by atoms with E-state index >= 15 is 0 Å². The average molecular weight is 551 g/mol. The first-order valence-corrected chi connectivity index (χ1v) is 15.4. The summed E-state index contributed by atoms with van der Waals surface area (Å²) in [6, 6.07) is 16.0. The lowest BCUT2D eigenvalue weighted by Crippen LogP contribution is -2.31. The highest BCUT2D eigenvalue weighted by atomic mass is 35.5. The maximum Gasteiger partial charge on any atom is 0.229 e. The van der Waals surface area contributed by atoms with Gasteiger partial charge < -0.3 is 25.0 Å². The molecule has 1 aliphatic rings. The highest BCUT2D eigenvalue weighted by Gasteiger charge is 2.25. The lowest BCUT2D eigenvalue weighted by atomic mass is 10.2. The van der Waals surface area contributed by atoms with Crippen molar-refractivity contribution in [1.82, 2.24) is 24.6 Å². The maximum absolute atomic E-state index is 12.7. The van der Waals surface area contributed by atoms with E-state index in [0.29, 0.717) is 28.5 Å². The predicted octanol–water partition coefficient (Wildman–Crippen LogP) is 5.19. The fraction of sp³-hybridized carbons (Fsp3) is 0.296. The second-order valence-electron chi connectivity index (χ2n) is 10.1. The van der Waals surface area contributed by atoms with Crippen LogP contribution in [0.25, 0.3) is 5.69 Å². The number of halogens is 1. The fourth-order valence-electron chi connectivity index (χ4n) is 4.53. The molecule has 0 spiro atoms. The Morgan fingerprint density at radius 2 is 1.79 bits per heavy atom. The van der Waals surface area contributed by atoms with Crippen molar-refractivity contribution < 1.29 is 4.57 Å². The summed E-state index contributed by atoms with van der Waals surface area (Å²) in [5.41, 5.74) is 3.64. The van der Waals surface area contributed by atoms with E-state index in [2.05, 4.69) is 55.8 Å². The van der Waals surface area contributed by atoms with Crippen LogP contribution in [0.15, 0.2) is 67.1 Å². The Bertz CT molecular complexity index is 1470. The van der Waals surface area contributed by atoms with Crippen LogP contribution in [0.4, 0.5) is 28.8 Å². The molecule has 38 heavy (non-hydrogen) atoms. The van der Waals surface area contributed by atoms with Gasteiger partial charge in [0.2, 0.25) is 5.95 Å². The normalized spacial score (nSPS) is 15.7. The Labute approximate surface area is 228 Å². The third-order valence-electron chi connectivity index (χ3n) is 6.70. The topological polar surface area (TPSA) is 91.2 Å². The number of nitrogens with one attached hydrogen (secondary N) is 2. The highest BCUT2D eigenvalue weighted by Crippen LogP contribution is 2.38. The first-order valence-electron chi connectivity index (χ1n) is 12.4. The van der Waals surface area contributed by atoms with Crippen molar-refractivity contribution in [2.75, 3.05) is 56.0 Å². The summed E-state index contributed by atoms with van der Waals surface area (Å²) in [4.78, 5) is 13.5. The third-order valence-corrected chi connectivity index (χ3v) is 8.52. The van der Waals surface area contributed by atoms with Gasteiger partial charge in [0.05, 0.1) is 35.7 Å². The van der Waals surface area contributed by atoms with E-state index in [4.69, 9.17) is 11.6 Å². The van der Waals surface area contributed by atoms with Crippen LogP contribution in [0.5, 0.6) is 0 Å². The van der Waals surface area contributed by atoms with Crippen molar-refractivity contribution >= 4 is 52.9 Å². The molecule has 0 radical (unpaired) electrons. The molecule has 4 aromatic rings. The molecule has 0 aliphatic carbocycles. The number of para-hydroxylation sites is 1. The minimum atomic E-state index is -2.49. The zero-order valence-electron chi connectivity index (χ0n) is 22.0. The summed E-state index contributed by atoms with van der Waals surface area (Å²) in [5, 5.41) is 12.1. The van der Waals surface area contributed by atoms with Gasteiger partial charge in [0.1, 0.15) is 12.2 Å². The molecule has 0 saturated carbocycles. The van der Waals surface area contributed by atoms with Crippen LogP contribution in [0.1, 0.15) is 6.42 Å². The largest absolute Gasteiger partial charge is 0.367 e. The smallest absolute Gasteiger partial charge is 0.229 e. The van der Waals surface area contributed by atoms with Crippen LogP contribution in [-0.4, -0.2) is 71.2 Å². The van der Waals surface area contributed by atoms with Crippen molar-refractivity contribution in [3.05, 3.63) is 72.1 Å². The van der Waals surface area contributed by atoms with E-state index in [0.717, 1.165) is 41.9 Å². The summed E-state index contributed by atoms with van der Waals surface area (Å²) in [6.45, 7) is 5.53. The molecule has 0 amide bonds. The summed E-state index contributed by atoms with van der Waals surface area (Å²) in [5.74, 6) is 0.827. The molecule has 2 aromatic heterocycles. The van der Waals surface area contributed by atoms with Gasteiger partial charge in [0, 0.05) is 30.1 Å². The molecule has 1 atom stereocenters. The van der Waals surface area contributed by atoms with Gasteiger partial charge in [-0.2, -0.15) is 10.1 Å². The second kappa shape index (κ2) is 10.8. The van der Waals surface area contributed by atoms with Gasteiger partial charge in [-0.25, -0.2) is 9.67 Å². The molecular weight excluding hydrogens is 519 g/mol. The van der Waals surface area contributed by atoms with Crippen LogP contribution >= 0.6 is 18.7 Å². The summed E-state index contributed by atoms with van der Waals surface area (Å²) < 4.78 is 14.6. The first-order chi connectivity index (χ1) is 18.2. The summed E-state index contributed by atoms with van der Waals surface area (Å²) in [7, 11) is 1.78. The molecule has 0 bridgehead atoms. The molecule has 3 heterocycles. The minimum Gasteiger partial charge on any atom is -0.367 e. The molecule has 1 saturated heterocycles. The lowest BCUT2D eigenvalue weighted by molar-refractivity contribution is 0.315. The van der Waals surface area contributed by atoms with Gasteiger partial charge in [-0.15, -0.1) is 0 Å². The number of nitrogens with zero attached hydrogens (tertiary/aromatic N) is 6. The number of rotatable bonds is 8. The molecule has 1 aliphatic heterocycles. The average Bonchev–Trinajstić information content (AvgIpc) is 3.57. The standard InChI is InChI=1S/C27H32ClN8OP/c1-34(2)21-13-14-35(17-21)22-15-30-36(18-22)20-11-9-19(10-12-20)31-27-29-16-23(28)26(33-27)32-24-7-5-6-8-25(24)38(3,4)37/h5-12,15-16,18,21H,13-14,17H2,1-4H3,(H2,29,31,32,33)/t21-/m0/s1. The van der Waals surface area contributed by atoms with E-state index in [1.165, 1.54) is 6.20 Å². The van der Waals surface area contributed by atoms with E-state index in [1.54, 1.807) is 13.3 Å². The van der Waals surface area contributed by atoms with E-state index in [9.17, 15) is 4.57 Å². The Morgan fingerprint density at radius 1 is 1.03 bits per heavy atom. The SMILES string of the molecule is CN(C)[C@H]1CCN(c2cnn(-c3ccc(Nc4ncc(Cl)c(Nc5ccccc5P(C)(C)=O)n4)cc3)c2)C1. The van der Waals surface area contributed by atoms with Gasteiger partial charge in [-0.1, -0.05) is 23.7 Å². The molecule has 11 heteroatoms. The van der Waals surface area contributed by atoms with Gasteiger partial charge in [-0.3, -0.25) is 0 Å². The molecule has 5 rings (SSSR count). The van der Waals surface area contributed by atoms with E-state index < -0.39 is 7.14 Å². The Balaban J connectivity index is 1.28. The van der Waals surface area contributed by atoms with E-state index in [-0.39, 0.29) is 0 Å². The highest BCUT2D eigenvalue weighted by molar-refractivity contribution is 7.70. The monoisotopic (exact) mass is 550 g/mol. The number of benzene rings is 2. The Morgan fingerprint density at radius 3 is 2.50 bits per heavy atom. The van der Waals surface area contributed by atoms with Crippen LogP contribution in [0.3, 0.4) is 0 Å². The Hall–Kier alpha value is -3.39. The number of aromatic nitrogens is 4. The van der Waals surface area contributed by atoms with Crippen LogP contribution in [0.2, 0.25) is 5.02 Å². The van der Waals surface area contributed by atoms with Crippen molar-refractivity contribution in [2.24, 2.45) is 0 Å². The minimum absolute atomic E-state index is 0.368. The summed E-state index contributed by atoms with van der Waals surface area (Å²) in [6.07, 6.45) is 6.70. The van der Waals surface area contributed by atoms with Crippen molar-refractivity contribution in [1.29, 1.82) is 0 Å². The van der Waals surface area contributed by atoms with Gasteiger partial charge >= 0.3 is 0 Å². The van der Waals surface area contributed by atoms with Crippen LogP contribution < -0.4 is 20.8 Å². The van der Waals surface area contributed by atoms with Gasteiger partial charge in [0.25, 0.3) is 0 Å². The fourth-order valence-corrected chi connectivity index (χ4v) is 5.83. The molecule has 2 N–H and O–H groups in total. The quantitative estimate of drug-likeness (QED) is 0.290. The third kappa shape index (κ3) is 5.85. The second-order valence-corrected chi connectivity index (χ2v) is 13.6. The first kappa shape index (κ1) is 26.2. The van der Waals surface area contributed by atoms with Crippen LogP contribution in [-0.2, 0) is 4.57 Å². The molecular formula is C27H32ClN8OP. The molecule has 9 nitrogen and oxygen atoms in total. The summed E-state index contributed by atoms with van der Waals surface area (Å²) >= 11 is 6.38. The number of hydrogen-bond acceptors (Lipinski definition) is 8. The molecule has 1 fully saturated rings. The maximum atomic E-state index is 12.7. The molecule has 0 unspecified atom stereocenters. The molecule has 2 aromatic carbocycles. The molecule has 198 valence electrons. The van der Waals surface area contributed by atoms with Gasteiger partial charge in [0.15, 0.2) is 5.82 Å². The Kier molecular flexibility index (Phi) is 7.43. The van der Waals surface area contributed by atoms with Gasteiger partial charge in [-0.05, 0) is 70.2 Å². The zero-order valence-corrected chi connectivity index (χ0v) is 23.6. The van der Waals surface area contributed by atoms with Crippen molar-refractivity contribution in [3.63, 3.8) is 0 Å². The van der Waals surface area contributed by atoms with Crippen LogP contribution in [0, 0.1) is 0 Å². The van der Waals surface area contributed by atoms with Crippen molar-refractivity contribution in [2.45, 2.75) is 12.5 Å². The zero-order chi connectivity index (χ0) is 26.9. The van der Waals surface area contributed by atoms with E-state index in [1.807, 2.05) is 59.4 Å². The predicted molar refractivity (Wildman–Crippen MR) is 157 cm³/mol. The lowest BCUT2D eigenvalue weighted by Gasteiger charge is -2.20. The number of hydrogen-bond donors (Lipinski definition) is 2. The number of likely N-dealkylation sites (N-methyl/N-ethyl adjacent to an activating group) is 1. The number of anilines is 5. The van der Waals surface area contributed by atoms with Crippen molar-refractivity contribution in [3.8, 4) is 5.69 Å².